The lowest BCUT2D eigenvalue weighted by atomic mass is 9.72. The first-order valence-electron chi connectivity index (χ1n) is 20.6. The summed E-state index contributed by atoms with van der Waals surface area (Å²) in [5.41, 5.74) is 19.6. The molecule has 57 heavy (non-hydrogen) atoms. The van der Waals surface area contributed by atoms with E-state index in [-0.39, 0.29) is 10.8 Å². The van der Waals surface area contributed by atoms with E-state index >= 15 is 0 Å². The van der Waals surface area contributed by atoms with Gasteiger partial charge in [-0.3, -0.25) is 0 Å². The first-order valence-corrected chi connectivity index (χ1v) is 20.6. The van der Waals surface area contributed by atoms with E-state index in [0.29, 0.717) is 0 Å². The average molecular weight is 738 g/mol. The SMILES string of the molecule is CC.CC1(C)C2=C(CCC=C2)n2c3cc4c(cc3c3cc(-c5cccc(-c6nc(-c7ccccc7)cc(-c7ccccc7)n6)c5)cc1c32)-c1ccccc1C4(C)C. The molecule has 0 saturated heterocycles. The molecule has 0 radical (unpaired) electrons. The first-order chi connectivity index (χ1) is 27.8. The molecule has 3 aliphatic rings. The number of hydrogen-bond donors (Lipinski definition) is 0. The second kappa shape index (κ2) is 13.1. The van der Waals surface area contributed by atoms with E-state index in [0.717, 1.165) is 52.3 Å². The van der Waals surface area contributed by atoms with Crippen molar-refractivity contribution >= 4 is 27.5 Å². The molecule has 0 saturated carbocycles. The Kier molecular flexibility index (Phi) is 8.09. The highest BCUT2D eigenvalue weighted by Crippen LogP contribution is 2.55. The van der Waals surface area contributed by atoms with Gasteiger partial charge in [0.2, 0.25) is 0 Å². The maximum Gasteiger partial charge on any atom is 0.160 e. The molecule has 0 N–H and O–H groups in total. The number of aromatic nitrogens is 3. The van der Waals surface area contributed by atoms with Gasteiger partial charge >= 0.3 is 0 Å². The van der Waals surface area contributed by atoms with Gasteiger partial charge in [-0.05, 0) is 93.8 Å². The Balaban J connectivity index is 0.00000195. The van der Waals surface area contributed by atoms with Crippen LogP contribution in [0.2, 0.25) is 0 Å². The largest absolute Gasteiger partial charge is 0.312 e. The molecule has 278 valence electrons. The van der Waals surface area contributed by atoms with Crippen LogP contribution < -0.4 is 0 Å². The molecule has 0 spiro atoms. The highest BCUT2D eigenvalue weighted by molar-refractivity contribution is 6.15. The van der Waals surface area contributed by atoms with E-state index in [4.69, 9.17) is 9.97 Å². The second-order valence-electron chi connectivity index (χ2n) is 16.5. The molecule has 11 rings (SSSR count). The van der Waals surface area contributed by atoms with Crippen molar-refractivity contribution in [1.29, 1.82) is 0 Å². The average Bonchev–Trinajstić information content (AvgIpc) is 3.71. The molecule has 0 unspecified atom stereocenters. The van der Waals surface area contributed by atoms with E-state index in [1.807, 2.05) is 26.0 Å². The van der Waals surface area contributed by atoms with E-state index < -0.39 is 0 Å². The fraction of sp³-hybridized carbons (Fsp3) is 0.185. The Morgan fingerprint density at radius 1 is 0.509 bits per heavy atom. The zero-order valence-electron chi connectivity index (χ0n) is 33.7. The maximum absolute atomic E-state index is 5.17. The van der Waals surface area contributed by atoms with E-state index in [9.17, 15) is 0 Å². The summed E-state index contributed by atoms with van der Waals surface area (Å²) >= 11 is 0. The lowest BCUT2D eigenvalue weighted by molar-refractivity contribution is 0.623. The van der Waals surface area contributed by atoms with Gasteiger partial charge < -0.3 is 4.57 Å². The standard InChI is InChI=1S/C52H41N3.C2H6/c1-51(2)41-23-12-11-22-37(41)38-29-39-40-27-36(28-44-49(40)55(48(39)30-43(38)51)47-25-14-13-24-42(47)52(44,3)4)34-20-15-21-35(26-34)50-53-45(32-16-7-5-8-17-32)31-46(54-50)33-18-9-6-10-19-33;1-2/h5-13,15-24,26-31H,14,25H2,1-4H3;1-2H3. The number of benzene rings is 6. The number of allylic oxidation sites excluding steroid dienone is 4. The first kappa shape index (κ1) is 35.1. The Morgan fingerprint density at radius 3 is 1.88 bits per heavy atom. The highest BCUT2D eigenvalue weighted by atomic mass is 15.0. The van der Waals surface area contributed by atoms with Gasteiger partial charge in [0.1, 0.15) is 0 Å². The van der Waals surface area contributed by atoms with Crippen molar-refractivity contribution in [3.63, 3.8) is 0 Å². The lowest BCUT2D eigenvalue weighted by Crippen LogP contribution is -2.28. The van der Waals surface area contributed by atoms with Gasteiger partial charge in [-0.1, -0.05) is 157 Å². The molecule has 3 heterocycles. The molecule has 8 aromatic rings. The second-order valence-corrected chi connectivity index (χ2v) is 16.5. The van der Waals surface area contributed by atoms with Gasteiger partial charge in [-0.25, -0.2) is 9.97 Å². The van der Waals surface area contributed by atoms with Crippen LogP contribution in [0, 0.1) is 0 Å². The van der Waals surface area contributed by atoms with Crippen molar-refractivity contribution in [2.75, 3.05) is 0 Å². The van der Waals surface area contributed by atoms with Crippen LogP contribution in [0.5, 0.6) is 0 Å². The minimum Gasteiger partial charge on any atom is -0.312 e. The van der Waals surface area contributed by atoms with Gasteiger partial charge in [0.15, 0.2) is 5.82 Å². The van der Waals surface area contributed by atoms with Crippen LogP contribution in [-0.2, 0) is 10.8 Å². The molecule has 2 aromatic heterocycles. The van der Waals surface area contributed by atoms with Crippen LogP contribution in [0.3, 0.4) is 0 Å². The maximum atomic E-state index is 5.17. The van der Waals surface area contributed by atoms with Crippen LogP contribution in [0.25, 0.3) is 83.7 Å². The number of hydrogen-bond acceptors (Lipinski definition) is 2. The summed E-state index contributed by atoms with van der Waals surface area (Å²) in [6.45, 7) is 13.6. The summed E-state index contributed by atoms with van der Waals surface area (Å²) in [5.74, 6) is 0.723. The Hall–Kier alpha value is -6.32. The van der Waals surface area contributed by atoms with Crippen LogP contribution in [0.15, 0.2) is 157 Å². The van der Waals surface area contributed by atoms with Crippen molar-refractivity contribution in [2.24, 2.45) is 0 Å². The molecular weight excluding hydrogens is 691 g/mol. The summed E-state index contributed by atoms with van der Waals surface area (Å²) in [7, 11) is 0. The monoisotopic (exact) mass is 737 g/mol. The fourth-order valence-corrected chi connectivity index (χ4v) is 9.79. The van der Waals surface area contributed by atoms with Crippen LogP contribution in [0.1, 0.15) is 71.1 Å². The van der Waals surface area contributed by atoms with Gasteiger partial charge in [-0.15, -0.1) is 0 Å². The smallest absolute Gasteiger partial charge is 0.160 e. The molecular formula is C54H47N3. The fourth-order valence-electron chi connectivity index (χ4n) is 9.79. The molecule has 0 atom stereocenters. The van der Waals surface area contributed by atoms with E-state index in [2.05, 4.69) is 172 Å². The minimum absolute atomic E-state index is 0.0663. The Morgan fingerprint density at radius 2 is 1.16 bits per heavy atom. The normalized spacial score (nSPS) is 15.5. The van der Waals surface area contributed by atoms with Crippen LogP contribution >= 0.6 is 0 Å². The number of fused-ring (bicyclic) bond motifs is 7. The predicted molar refractivity (Wildman–Crippen MR) is 240 cm³/mol. The highest BCUT2D eigenvalue weighted by Gasteiger charge is 2.40. The van der Waals surface area contributed by atoms with Gasteiger partial charge in [0, 0.05) is 44.0 Å². The molecule has 1 aliphatic heterocycles. The molecule has 0 bridgehead atoms. The van der Waals surface area contributed by atoms with Crippen LogP contribution in [0.4, 0.5) is 0 Å². The van der Waals surface area contributed by atoms with Crippen molar-refractivity contribution in [3.8, 4) is 56.2 Å². The van der Waals surface area contributed by atoms with Crippen molar-refractivity contribution < 1.29 is 0 Å². The topological polar surface area (TPSA) is 30.7 Å². The van der Waals surface area contributed by atoms with Crippen molar-refractivity contribution in [3.05, 3.63) is 174 Å². The van der Waals surface area contributed by atoms with Crippen molar-refractivity contribution in [2.45, 2.75) is 65.2 Å². The van der Waals surface area contributed by atoms with Crippen molar-refractivity contribution in [1.82, 2.24) is 14.5 Å². The van der Waals surface area contributed by atoms with Gasteiger partial charge in [0.25, 0.3) is 0 Å². The summed E-state index contributed by atoms with van der Waals surface area (Å²) in [4.78, 5) is 10.3. The van der Waals surface area contributed by atoms with Gasteiger partial charge in [0.05, 0.1) is 22.4 Å². The molecule has 2 aliphatic carbocycles. The lowest BCUT2D eigenvalue weighted by Gasteiger charge is -2.37. The molecule has 0 fully saturated rings. The third-order valence-electron chi connectivity index (χ3n) is 12.6. The Bertz CT molecular complexity index is 2900. The number of nitrogens with zero attached hydrogens (tertiary/aromatic N) is 3. The molecule has 3 nitrogen and oxygen atoms in total. The zero-order chi connectivity index (χ0) is 39.1. The third-order valence-corrected chi connectivity index (χ3v) is 12.6. The predicted octanol–water partition coefficient (Wildman–Crippen LogP) is 14.4. The summed E-state index contributed by atoms with van der Waals surface area (Å²) in [6, 6.07) is 50.7. The third kappa shape index (κ3) is 5.32. The Labute approximate surface area is 336 Å². The zero-order valence-corrected chi connectivity index (χ0v) is 33.7. The minimum atomic E-state index is -0.158. The summed E-state index contributed by atoms with van der Waals surface area (Å²) < 4.78 is 2.64. The summed E-state index contributed by atoms with van der Waals surface area (Å²) in [6.07, 6.45) is 6.89. The number of rotatable bonds is 4. The quantitative estimate of drug-likeness (QED) is 0.180. The van der Waals surface area contributed by atoms with E-state index in [1.54, 1.807) is 0 Å². The summed E-state index contributed by atoms with van der Waals surface area (Å²) in [5, 5.41) is 2.65. The van der Waals surface area contributed by atoms with Crippen LogP contribution in [-0.4, -0.2) is 14.5 Å². The molecule has 6 aromatic carbocycles. The molecule has 3 heteroatoms. The van der Waals surface area contributed by atoms with Gasteiger partial charge in [-0.2, -0.15) is 0 Å². The van der Waals surface area contributed by atoms with E-state index in [1.165, 1.54) is 66.5 Å². The molecule has 0 amide bonds.